The number of ether oxygens (including phenoxy) is 1. The summed E-state index contributed by atoms with van der Waals surface area (Å²) in [6, 6.07) is 0. The maximum atomic E-state index is 10.6. The van der Waals surface area contributed by atoms with E-state index in [1.54, 1.807) is 7.11 Å². The van der Waals surface area contributed by atoms with Gasteiger partial charge in [-0.1, -0.05) is 11.6 Å². The quantitative estimate of drug-likeness (QED) is 0.674. The molecule has 0 aromatic carbocycles. The number of methoxy groups -OCH3 is 1. The molecule has 1 spiro atoms. The normalized spacial score (nSPS) is 45.9. The van der Waals surface area contributed by atoms with Crippen molar-refractivity contribution >= 4 is 0 Å². The molecule has 0 bridgehead atoms. The van der Waals surface area contributed by atoms with Crippen molar-refractivity contribution < 1.29 is 9.84 Å². The van der Waals surface area contributed by atoms with Crippen molar-refractivity contribution in [3.05, 3.63) is 11.6 Å². The Morgan fingerprint density at radius 1 is 1.47 bits per heavy atom. The SMILES string of the molecule is CO[C@H]1CC[C@]2(C1)C(C)=CCC[C@]2(C)O. The summed E-state index contributed by atoms with van der Waals surface area (Å²) in [7, 11) is 1.78. The van der Waals surface area contributed by atoms with Gasteiger partial charge in [0, 0.05) is 12.5 Å². The average Bonchev–Trinajstić information content (AvgIpc) is 2.60. The summed E-state index contributed by atoms with van der Waals surface area (Å²) in [5.41, 5.74) is 0.823. The zero-order chi connectivity index (χ0) is 11.1. The molecule has 1 fully saturated rings. The second-order valence-electron chi connectivity index (χ2n) is 5.38. The zero-order valence-corrected chi connectivity index (χ0v) is 10.0. The van der Waals surface area contributed by atoms with Gasteiger partial charge >= 0.3 is 0 Å². The van der Waals surface area contributed by atoms with Gasteiger partial charge in [0.05, 0.1) is 11.7 Å². The van der Waals surface area contributed by atoms with Crippen molar-refractivity contribution in [2.75, 3.05) is 7.11 Å². The molecule has 0 aromatic heterocycles. The minimum Gasteiger partial charge on any atom is -0.389 e. The smallest absolute Gasteiger partial charge is 0.0716 e. The van der Waals surface area contributed by atoms with E-state index in [-0.39, 0.29) is 5.41 Å². The molecule has 2 aliphatic rings. The number of aliphatic hydroxyl groups is 1. The van der Waals surface area contributed by atoms with Gasteiger partial charge in [-0.15, -0.1) is 0 Å². The average molecular weight is 210 g/mol. The van der Waals surface area contributed by atoms with Crippen molar-refractivity contribution in [1.82, 2.24) is 0 Å². The predicted molar refractivity (Wildman–Crippen MR) is 60.7 cm³/mol. The molecule has 3 atom stereocenters. The first-order chi connectivity index (χ1) is 7.02. The second kappa shape index (κ2) is 3.60. The van der Waals surface area contributed by atoms with E-state index in [1.807, 2.05) is 6.92 Å². The Morgan fingerprint density at radius 3 is 2.73 bits per heavy atom. The number of hydrogen-bond acceptors (Lipinski definition) is 2. The van der Waals surface area contributed by atoms with E-state index in [4.69, 9.17) is 4.74 Å². The molecule has 86 valence electrons. The van der Waals surface area contributed by atoms with E-state index in [0.29, 0.717) is 6.10 Å². The largest absolute Gasteiger partial charge is 0.389 e. The molecule has 0 unspecified atom stereocenters. The van der Waals surface area contributed by atoms with Crippen LogP contribution in [0.2, 0.25) is 0 Å². The Balaban J connectivity index is 2.31. The van der Waals surface area contributed by atoms with Gasteiger partial charge in [-0.25, -0.2) is 0 Å². The van der Waals surface area contributed by atoms with Crippen LogP contribution in [0.4, 0.5) is 0 Å². The summed E-state index contributed by atoms with van der Waals surface area (Å²) in [5.74, 6) is 0. The van der Waals surface area contributed by atoms with Crippen LogP contribution in [0, 0.1) is 5.41 Å². The van der Waals surface area contributed by atoms with E-state index < -0.39 is 5.60 Å². The van der Waals surface area contributed by atoms with Crippen LogP contribution >= 0.6 is 0 Å². The third-order valence-corrected chi connectivity index (χ3v) is 4.67. The van der Waals surface area contributed by atoms with Gasteiger partial charge in [0.25, 0.3) is 0 Å². The van der Waals surface area contributed by atoms with Gasteiger partial charge < -0.3 is 9.84 Å². The Bertz CT molecular complexity index is 280. The summed E-state index contributed by atoms with van der Waals surface area (Å²) in [6.45, 7) is 4.17. The molecule has 0 aliphatic heterocycles. The van der Waals surface area contributed by atoms with E-state index in [1.165, 1.54) is 5.57 Å². The Labute approximate surface area is 92.3 Å². The fourth-order valence-electron chi connectivity index (χ4n) is 3.48. The highest BCUT2D eigenvalue weighted by atomic mass is 16.5. The molecule has 1 N–H and O–H groups in total. The van der Waals surface area contributed by atoms with Crippen molar-refractivity contribution in [3.8, 4) is 0 Å². The number of hydrogen-bond donors (Lipinski definition) is 1. The number of allylic oxidation sites excluding steroid dienone is 1. The molecule has 1 saturated carbocycles. The Kier molecular flexibility index (Phi) is 2.68. The van der Waals surface area contributed by atoms with Crippen molar-refractivity contribution in [1.29, 1.82) is 0 Å². The molecule has 15 heavy (non-hydrogen) atoms. The second-order valence-corrected chi connectivity index (χ2v) is 5.38. The maximum absolute atomic E-state index is 10.6. The topological polar surface area (TPSA) is 29.5 Å². The third-order valence-electron chi connectivity index (χ3n) is 4.67. The Morgan fingerprint density at radius 2 is 2.20 bits per heavy atom. The molecule has 0 radical (unpaired) electrons. The van der Waals surface area contributed by atoms with Gasteiger partial charge in [-0.3, -0.25) is 0 Å². The van der Waals surface area contributed by atoms with Crippen molar-refractivity contribution in [2.24, 2.45) is 5.41 Å². The third kappa shape index (κ3) is 1.55. The molecule has 0 heterocycles. The van der Waals surface area contributed by atoms with Crippen LogP contribution in [-0.4, -0.2) is 23.9 Å². The fourth-order valence-corrected chi connectivity index (χ4v) is 3.48. The highest BCUT2D eigenvalue weighted by Crippen LogP contribution is 2.55. The minimum absolute atomic E-state index is 0.00801. The summed E-state index contributed by atoms with van der Waals surface area (Å²) in [4.78, 5) is 0. The highest BCUT2D eigenvalue weighted by Gasteiger charge is 2.53. The lowest BCUT2D eigenvalue weighted by Crippen LogP contribution is -2.47. The van der Waals surface area contributed by atoms with Crippen LogP contribution in [0.1, 0.15) is 46.0 Å². The van der Waals surface area contributed by atoms with Crippen LogP contribution in [0.5, 0.6) is 0 Å². The summed E-state index contributed by atoms with van der Waals surface area (Å²) in [5, 5.41) is 10.6. The molecule has 0 aromatic rings. The molecular weight excluding hydrogens is 188 g/mol. The maximum Gasteiger partial charge on any atom is 0.0716 e. The van der Waals surface area contributed by atoms with Gasteiger partial charge in [-0.2, -0.15) is 0 Å². The van der Waals surface area contributed by atoms with Crippen LogP contribution < -0.4 is 0 Å². The summed E-state index contributed by atoms with van der Waals surface area (Å²) in [6.07, 6.45) is 7.67. The zero-order valence-electron chi connectivity index (χ0n) is 10.0. The standard InChI is InChI=1S/C13H22O2/c1-10-5-4-7-12(2,14)13(10)8-6-11(9-13)15-3/h5,11,14H,4,6-9H2,1-3H3/t11-,12-,13-/m0/s1. The van der Waals surface area contributed by atoms with Gasteiger partial charge in [-0.05, 0) is 46.0 Å². The Hall–Kier alpha value is -0.340. The van der Waals surface area contributed by atoms with Crippen molar-refractivity contribution in [3.63, 3.8) is 0 Å². The first-order valence-corrected chi connectivity index (χ1v) is 5.94. The van der Waals surface area contributed by atoms with Gasteiger partial charge in [0.1, 0.15) is 0 Å². The predicted octanol–water partition coefficient (Wildman–Crippen LogP) is 2.66. The number of rotatable bonds is 1. The van der Waals surface area contributed by atoms with E-state index in [0.717, 1.165) is 32.1 Å². The molecule has 2 heteroatoms. The first kappa shape index (κ1) is 11.2. The highest BCUT2D eigenvalue weighted by molar-refractivity contribution is 5.24. The van der Waals surface area contributed by atoms with E-state index in [2.05, 4.69) is 13.0 Å². The molecule has 2 rings (SSSR count). The minimum atomic E-state index is -0.543. The van der Waals surface area contributed by atoms with Crippen molar-refractivity contribution in [2.45, 2.75) is 57.7 Å². The van der Waals surface area contributed by atoms with Crippen LogP contribution in [-0.2, 0) is 4.74 Å². The van der Waals surface area contributed by atoms with Crippen LogP contribution in [0.25, 0.3) is 0 Å². The van der Waals surface area contributed by atoms with Gasteiger partial charge in [0.15, 0.2) is 0 Å². The van der Waals surface area contributed by atoms with Crippen LogP contribution in [0.15, 0.2) is 11.6 Å². The lowest BCUT2D eigenvalue weighted by molar-refractivity contribution is -0.0654. The van der Waals surface area contributed by atoms with Gasteiger partial charge in [0.2, 0.25) is 0 Å². The summed E-state index contributed by atoms with van der Waals surface area (Å²) < 4.78 is 5.44. The fraction of sp³-hybridized carbons (Fsp3) is 0.846. The monoisotopic (exact) mass is 210 g/mol. The van der Waals surface area contributed by atoms with E-state index in [9.17, 15) is 5.11 Å². The molecule has 2 aliphatic carbocycles. The molecule has 2 nitrogen and oxygen atoms in total. The van der Waals surface area contributed by atoms with Crippen LogP contribution in [0.3, 0.4) is 0 Å². The molecular formula is C13H22O2. The molecule has 0 amide bonds. The summed E-state index contributed by atoms with van der Waals surface area (Å²) >= 11 is 0. The lowest BCUT2D eigenvalue weighted by atomic mass is 9.62. The lowest BCUT2D eigenvalue weighted by Gasteiger charge is -2.47. The first-order valence-electron chi connectivity index (χ1n) is 5.94. The molecule has 0 saturated heterocycles. The van der Waals surface area contributed by atoms with E-state index >= 15 is 0 Å².